The Morgan fingerprint density at radius 2 is 1.93 bits per heavy atom. The van der Waals surface area contributed by atoms with Crippen LogP contribution in [0.5, 0.6) is 5.75 Å². The van der Waals surface area contributed by atoms with Crippen LogP contribution < -0.4 is 15.4 Å². The molecule has 156 valence electrons. The number of methoxy groups -OCH3 is 1. The van der Waals surface area contributed by atoms with E-state index in [1.807, 2.05) is 18.5 Å². The number of anilines is 1. The van der Waals surface area contributed by atoms with Crippen molar-refractivity contribution in [2.45, 2.75) is 31.7 Å². The molecular formula is C22H24N4O4. The summed E-state index contributed by atoms with van der Waals surface area (Å²) >= 11 is 0. The van der Waals surface area contributed by atoms with Crippen molar-refractivity contribution in [2.24, 2.45) is 0 Å². The van der Waals surface area contributed by atoms with Gasteiger partial charge in [-0.1, -0.05) is 12.8 Å². The number of hydrogen-bond acceptors (Lipinski definition) is 4. The number of urea groups is 1. The van der Waals surface area contributed by atoms with Gasteiger partial charge in [0.15, 0.2) is 0 Å². The molecular weight excluding hydrogens is 384 g/mol. The van der Waals surface area contributed by atoms with Gasteiger partial charge < -0.3 is 19.9 Å². The second-order valence-corrected chi connectivity index (χ2v) is 7.49. The third kappa shape index (κ3) is 4.22. The third-order valence-electron chi connectivity index (χ3n) is 5.43. The molecule has 2 aromatic rings. The zero-order valence-electron chi connectivity index (χ0n) is 16.8. The van der Waals surface area contributed by atoms with E-state index in [1.165, 1.54) is 12.8 Å². The van der Waals surface area contributed by atoms with E-state index in [2.05, 4.69) is 15.2 Å². The Balaban J connectivity index is 1.39. The molecule has 0 radical (unpaired) electrons. The molecule has 1 aliphatic heterocycles. The number of carbonyl (C=O) groups is 3. The predicted octanol–water partition coefficient (Wildman–Crippen LogP) is 3.14. The Morgan fingerprint density at radius 1 is 1.20 bits per heavy atom. The fourth-order valence-corrected chi connectivity index (χ4v) is 3.85. The second-order valence-electron chi connectivity index (χ2n) is 7.49. The minimum absolute atomic E-state index is 0.168. The lowest BCUT2D eigenvalue weighted by atomic mass is 10.2. The Morgan fingerprint density at radius 3 is 2.63 bits per heavy atom. The van der Waals surface area contributed by atoms with Crippen molar-refractivity contribution in [1.82, 2.24) is 14.8 Å². The first-order valence-corrected chi connectivity index (χ1v) is 9.99. The summed E-state index contributed by atoms with van der Waals surface area (Å²) in [5, 5.41) is 5.23. The van der Waals surface area contributed by atoms with Crippen LogP contribution in [-0.4, -0.2) is 41.0 Å². The highest BCUT2D eigenvalue weighted by Crippen LogP contribution is 2.30. The summed E-state index contributed by atoms with van der Waals surface area (Å²) in [5.74, 6) is -0.311. The van der Waals surface area contributed by atoms with Gasteiger partial charge in [-0.2, -0.15) is 0 Å². The van der Waals surface area contributed by atoms with Gasteiger partial charge in [0.1, 0.15) is 18.0 Å². The Kier molecular flexibility index (Phi) is 5.56. The average molecular weight is 408 g/mol. The van der Waals surface area contributed by atoms with Gasteiger partial charge in [-0.15, -0.1) is 0 Å². The van der Waals surface area contributed by atoms with Crippen LogP contribution in [0.2, 0.25) is 0 Å². The van der Waals surface area contributed by atoms with E-state index >= 15 is 0 Å². The maximum absolute atomic E-state index is 12.6. The number of aromatic nitrogens is 1. The number of carbonyl (C=O) groups excluding carboxylic acids is 3. The van der Waals surface area contributed by atoms with E-state index in [0.29, 0.717) is 17.5 Å². The van der Waals surface area contributed by atoms with E-state index in [-0.39, 0.29) is 12.2 Å². The lowest BCUT2D eigenvalue weighted by molar-refractivity contribution is -0.127. The number of nitrogens with one attached hydrogen (secondary N) is 2. The quantitative estimate of drug-likeness (QED) is 0.567. The van der Waals surface area contributed by atoms with Crippen molar-refractivity contribution in [3.8, 4) is 5.75 Å². The first-order chi connectivity index (χ1) is 14.5. The van der Waals surface area contributed by atoms with Crippen LogP contribution in [0, 0.1) is 0 Å². The summed E-state index contributed by atoms with van der Waals surface area (Å²) < 4.78 is 7.24. The van der Waals surface area contributed by atoms with Crippen LogP contribution in [0.15, 0.2) is 48.4 Å². The SMILES string of the molecule is COc1ccc(NC(=O)CN2C(=O)N/C(=C/c3ccn(C4CCCC4)c3)C2=O)cc1. The normalized spacial score (nSPS) is 18.2. The van der Waals surface area contributed by atoms with Gasteiger partial charge >= 0.3 is 6.03 Å². The molecule has 1 saturated heterocycles. The molecule has 2 aliphatic rings. The van der Waals surface area contributed by atoms with Crippen LogP contribution in [0.1, 0.15) is 37.3 Å². The van der Waals surface area contributed by atoms with Crippen molar-refractivity contribution in [3.63, 3.8) is 0 Å². The van der Waals surface area contributed by atoms with Gasteiger partial charge in [0.2, 0.25) is 5.91 Å². The van der Waals surface area contributed by atoms with E-state index in [0.717, 1.165) is 23.3 Å². The number of benzene rings is 1. The number of nitrogens with zero attached hydrogens (tertiary/aromatic N) is 2. The molecule has 0 unspecified atom stereocenters. The maximum atomic E-state index is 12.6. The zero-order chi connectivity index (χ0) is 21.1. The van der Waals surface area contributed by atoms with Gasteiger partial charge in [-0.3, -0.25) is 9.59 Å². The Hall–Kier alpha value is -3.55. The minimum atomic E-state index is -0.605. The first kappa shape index (κ1) is 19.8. The number of rotatable bonds is 6. The number of amides is 4. The van der Waals surface area contributed by atoms with Crippen molar-refractivity contribution in [2.75, 3.05) is 19.0 Å². The first-order valence-electron chi connectivity index (χ1n) is 9.99. The van der Waals surface area contributed by atoms with E-state index in [1.54, 1.807) is 37.5 Å². The molecule has 4 rings (SSSR count). The molecule has 30 heavy (non-hydrogen) atoms. The Labute approximate surface area is 174 Å². The molecule has 2 N–H and O–H groups in total. The molecule has 2 fully saturated rings. The fourth-order valence-electron chi connectivity index (χ4n) is 3.85. The van der Waals surface area contributed by atoms with Gasteiger partial charge in [-0.05, 0) is 54.8 Å². The minimum Gasteiger partial charge on any atom is -0.497 e. The smallest absolute Gasteiger partial charge is 0.329 e. The summed E-state index contributed by atoms with van der Waals surface area (Å²) in [6.07, 6.45) is 10.4. The third-order valence-corrected chi connectivity index (χ3v) is 5.43. The van der Waals surface area contributed by atoms with E-state index in [9.17, 15) is 14.4 Å². The predicted molar refractivity (Wildman–Crippen MR) is 112 cm³/mol. The molecule has 0 spiro atoms. The van der Waals surface area contributed by atoms with Gasteiger partial charge in [0.05, 0.1) is 7.11 Å². The molecule has 1 aliphatic carbocycles. The molecule has 0 atom stereocenters. The maximum Gasteiger partial charge on any atom is 0.329 e. The van der Waals surface area contributed by atoms with Crippen LogP contribution in [0.4, 0.5) is 10.5 Å². The largest absolute Gasteiger partial charge is 0.497 e. The summed E-state index contributed by atoms with van der Waals surface area (Å²) in [6, 6.07) is 8.61. The molecule has 8 nitrogen and oxygen atoms in total. The van der Waals surface area contributed by atoms with Crippen LogP contribution in [0.25, 0.3) is 6.08 Å². The summed E-state index contributed by atoms with van der Waals surface area (Å²) in [6.45, 7) is -0.364. The van der Waals surface area contributed by atoms with Crippen LogP contribution in [-0.2, 0) is 9.59 Å². The molecule has 2 heterocycles. The summed E-state index contributed by atoms with van der Waals surface area (Å²) in [5.41, 5.74) is 1.56. The topological polar surface area (TPSA) is 92.7 Å². The highest BCUT2D eigenvalue weighted by Gasteiger charge is 2.35. The molecule has 0 bridgehead atoms. The van der Waals surface area contributed by atoms with Crippen molar-refractivity contribution in [3.05, 3.63) is 54.0 Å². The lowest BCUT2D eigenvalue weighted by Gasteiger charge is -2.12. The van der Waals surface area contributed by atoms with E-state index in [4.69, 9.17) is 4.74 Å². The van der Waals surface area contributed by atoms with Crippen molar-refractivity contribution in [1.29, 1.82) is 0 Å². The molecule has 1 saturated carbocycles. The van der Waals surface area contributed by atoms with Gasteiger partial charge in [-0.25, -0.2) is 9.69 Å². The summed E-state index contributed by atoms with van der Waals surface area (Å²) in [4.78, 5) is 38.0. The van der Waals surface area contributed by atoms with E-state index < -0.39 is 17.8 Å². The fraction of sp³-hybridized carbons (Fsp3) is 0.318. The van der Waals surface area contributed by atoms with Crippen LogP contribution >= 0.6 is 0 Å². The Bertz CT molecular complexity index is 987. The van der Waals surface area contributed by atoms with Gasteiger partial charge in [0.25, 0.3) is 5.91 Å². The average Bonchev–Trinajstić information content (AvgIpc) is 3.47. The molecule has 8 heteroatoms. The second kappa shape index (κ2) is 8.44. The van der Waals surface area contributed by atoms with Gasteiger partial charge in [0, 0.05) is 24.1 Å². The highest BCUT2D eigenvalue weighted by molar-refractivity contribution is 6.15. The number of imide groups is 1. The van der Waals surface area contributed by atoms with Crippen molar-refractivity contribution >= 4 is 29.6 Å². The lowest BCUT2D eigenvalue weighted by Crippen LogP contribution is -2.38. The number of hydrogen-bond donors (Lipinski definition) is 2. The molecule has 1 aromatic heterocycles. The number of ether oxygens (including phenoxy) is 1. The summed E-state index contributed by atoms with van der Waals surface area (Å²) in [7, 11) is 1.56. The molecule has 4 amide bonds. The highest BCUT2D eigenvalue weighted by atomic mass is 16.5. The standard InChI is InChI=1S/C22H24N4O4/c1-30-18-8-6-16(7-9-18)23-20(27)14-26-21(28)19(24-22(26)29)12-15-10-11-25(13-15)17-4-2-3-5-17/h6-13,17H,2-5,14H2,1H3,(H,23,27)(H,24,29)/b19-12+. The zero-order valence-corrected chi connectivity index (χ0v) is 16.8. The van der Waals surface area contributed by atoms with Crippen molar-refractivity contribution < 1.29 is 19.1 Å². The monoisotopic (exact) mass is 408 g/mol. The van der Waals surface area contributed by atoms with Crippen LogP contribution in [0.3, 0.4) is 0 Å². The molecule has 1 aromatic carbocycles.